The van der Waals surface area contributed by atoms with E-state index in [4.69, 9.17) is 3.07 Å². The quantitative estimate of drug-likeness (QED) is 0.228. The molecule has 0 rings (SSSR count). The van der Waals surface area contributed by atoms with E-state index >= 15 is 0 Å². The van der Waals surface area contributed by atoms with Crippen LogP contribution in [-0.4, -0.2) is 24.8 Å². The molecule has 0 radical (unpaired) electrons. The number of hydrogen-bond acceptors (Lipinski definition) is 2. The summed E-state index contributed by atoms with van der Waals surface area (Å²) in [5.41, 5.74) is 0. The molecule has 0 saturated heterocycles. The van der Waals surface area contributed by atoms with Crippen molar-refractivity contribution in [1.29, 1.82) is 0 Å². The van der Waals surface area contributed by atoms with Crippen LogP contribution in [0.4, 0.5) is 0 Å². The second-order valence-electron chi connectivity index (χ2n) is 5.80. The topological polar surface area (TPSA) is 26.3 Å². The van der Waals surface area contributed by atoms with Gasteiger partial charge in [0.2, 0.25) is 0 Å². The standard InChI is InChI=1S/C6H8O2.3C4H9.Sn/c1-2-3-4-5-6(7)8;3*1-3-4-2;/h2-5H,1H3,(H,7,8);3*1,3-4H2,2H3;/q;;;;+1/p-1/b3-2+,5-4+;;;;. The molecule has 0 aromatic carbocycles. The molecule has 0 bridgehead atoms. The van der Waals surface area contributed by atoms with Gasteiger partial charge >= 0.3 is 136 Å². The maximum absolute atomic E-state index is 12.1. The Morgan fingerprint density at radius 1 is 0.905 bits per heavy atom. The van der Waals surface area contributed by atoms with E-state index in [0.29, 0.717) is 0 Å². The van der Waals surface area contributed by atoms with E-state index in [9.17, 15) is 4.79 Å². The first-order valence-electron chi connectivity index (χ1n) is 8.66. The second kappa shape index (κ2) is 13.4. The molecule has 0 aromatic rings. The summed E-state index contributed by atoms with van der Waals surface area (Å²) in [7, 11) is 0. The van der Waals surface area contributed by atoms with Crippen LogP contribution in [0.1, 0.15) is 66.2 Å². The van der Waals surface area contributed by atoms with E-state index in [-0.39, 0.29) is 5.97 Å². The zero-order valence-corrected chi connectivity index (χ0v) is 17.3. The summed E-state index contributed by atoms with van der Waals surface area (Å²) in [6.07, 6.45) is 14.4. The van der Waals surface area contributed by atoms with Gasteiger partial charge in [0.05, 0.1) is 0 Å². The van der Waals surface area contributed by atoms with Gasteiger partial charge in [0.1, 0.15) is 0 Å². The summed E-state index contributed by atoms with van der Waals surface area (Å²) >= 11 is -2.75. The normalized spacial score (nSPS) is 12.4. The predicted octanol–water partition coefficient (Wildman–Crippen LogP) is 6.01. The number of allylic oxidation sites excluding steroid dienone is 3. The van der Waals surface area contributed by atoms with Gasteiger partial charge in [-0.3, -0.25) is 0 Å². The van der Waals surface area contributed by atoms with Gasteiger partial charge in [-0.1, -0.05) is 0 Å². The average Bonchev–Trinajstić information content (AvgIpc) is 2.49. The van der Waals surface area contributed by atoms with Crippen LogP contribution in [0.25, 0.3) is 0 Å². The summed E-state index contributed by atoms with van der Waals surface area (Å²) in [6, 6.07) is 0. The van der Waals surface area contributed by atoms with Crippen molar-refractivity contribution in [1.82, 2.24) is 0 Å². The molecule has 122 valence electrons. The van der Waals surface area contributed by atoms with Crippen LogP contribution < -0.4 is 0 Å². The third-order valence-corrected chi connectivity index (χ3v) is 16.5. The molecule has 0 aliphatic heterocycles. The molecule has 0 fully saturated rings. The molecule has 0 atom stereocenters. The van der Waals surface area contributed by atoms with Gasteiger partial charge in [0, 0.05) is 0 Å². The molecule has 0 amide bonds. The fraction of sp³-hybridized carbons (Fsp3) is 0.722. The Kier molecular flexibility index (Phi) is 13.3. The Labute approximate surface area is 136 Å². The van der Waals surface area contributed by atoms with Crippen molar-refractivity contribution >= 4 is 24.8 Å². The zero-order chi connectivity index (χ0) is 16.0. The molecule has 0 saturated carbocycles. The molecule has 0 aromatic heterocycles. The van der Waals surface area contributed by atoms with Crippen molar-refractivity contribution in [2.45, 2.75) is 79.5 Å². The van der Waals surface area contributed by atoms with Crippen molar-refractivity contribution in [2.75, 3.05) is 0 Å². The number of unbranched alkanes of at least 4 members (excludes halogenated alkanes) is 3. The minimum absolute atomic E-state index is 0.104. The van der Waals surface area contributed by atoms with Crippen molar-refractivity contribution in [3.05, 3.63) is 24.3 Å². The van der Waals surface area contributed by atoms with Crippen molar-refractivity contribution < 1.29 is 7.87 Å². The first-order chi connectivity index (χ1) is 10.1. The average molecular weight is 401 g/mol. The Bertz CT molecular complexity index is 299. The van der Waals surface area contributed by atoms with Gasteiger partial charge < -0.3 is 0 Å². The van der Waals surface area contributed by atoms with Crippen LogP contribution in [0.2, 0.25) is 13.3 Å². The fourth-order valence-electron chi connectivity index (χ4n) is 2.52. The Balaban J connectivity index is 4.88. The van der Waals surface area contributed by atoms with E-state index in [1.54, 1.807) is 12.2 Å². The molecule has 0 unspecified atom stereocenters. The molecular weight excluding hydrogens is 367 g/mol. The van der Waals surface area contributed by atoms with Crippen molar-refractivity contribution in [2.24, 2.45) is 0 Å². The fourth-order valence-corrected chi connectivity index (χ4v) is 15.5. The second-order valence-corrected chi connectivity index (χ2v) is 17.4. The summed E-state index contributed by atoms with van der Waals surface area (Å²) in [5.74, 6) is -0.104. The SMILES string of the molecule is C/C=C/C=C/C(=O)[O][Sn]([CH2]CCC)([CH2]CCC)[CH2]CCC. The van der Waals surface area contributed by atoms with Crippen molar-refractivity contribution in [3.8, 4) is 0 Å². The van der Waals surface area contributed by atoms with E-state index in [1.165, 1.54) is 51.8 Å². The first-order valence-corrected chi connectivity index (χ1v) is 15.9. The summed E-state index contributed by atoms with van der Waals surface area (Å²) < 4.78 is 9.75. The monoisotopic (exact) mass is 402 g/mol. The molecule has 0 aliphatic carbocycles. The Morgan fingerprint density at radius 2 is 1.38 bits per heavy atom. The van der Waals surface area contributed by atoms with Crippen LogP contribution in [0.15, 0.2) is 24.3 Å². The number of rotatable bonds is 12. The van der Waals surface area contributed by atoms with Gasteiger partial charge in [-0.2, -0.15) is 0 Å². The molecule has 2 nitrogen and oxygen atoms in total. The number of carbonyl (C=O) groups excluding carboxylic acids is 1. The van der Waals surface area contributed by atoms with Crippen LogP contribution in [0.3, 0.4) is 0 Å². The summed E-state index contributed by atoms with van der Waals surface area (Å²) in [5, 5.41) is 0. The van der Waals surface area contributed by atoms with E-state index in [1.807, 2.05) is 19.1 Å². The maximum atomic E-state index is 12.1. The molecule has 0 spiro atoms. The van der Waals surface area contributed by atoms with Gasteiger partial charge in [-0.25, -0.2) is 0 Å². The Morgan fingerprint density at radius 3 is 1.76 bits per heavy atom. The molecule has 0 heterocycles. The third-order valence-electron chi connectivity index (χ3n) is 3.81. The van der Waals surface area contributed by atoms with Gasteiger partial charge in [0.15, 0.2) is 0 Å². The zero-order valence-electron chi connectivity index (χ0n) is 14.5. The molecule has 0 aliphatic rings. The minimum atomic E-state index is -2.75. The number of hydrogen-bond donors (Lipinski definition) is 0. The third kappa shape index (κ3) is 10.2. The van der Waals surface area contributed by atoms with Crippen LogP contribution in [-0.2, 0) is 7.87 Å². The number of carbonyl (C=O) groups is 1. The van der Waals surface area contributed by atoms with Gasteiger partial charge in [0.25, 0.3) is 0 Å². The summed E-state index contributed by atoms with van der Waals surface area (Å²) in [6.45, 7) is 8.63. The van der Waals surface area contributed by atoms with Crippen LogP contribution >= 0.6 is 0 Å². The first kappa shape index (κ1) is 20.7. The predicted molar refractivity (Wildman–Crippen MR) is 94.9 cm³/mol. The molecule has 21 heavy (non-hydrogen) atoms. The van der Waals surface area contributed by atoms with E-state index in [2.05, 4.69) is 20.8 Å². The molecule has 3 heteroatoms. The molecule has 0 N–H and O–H groups in total. The molecular formula is C18H34O2Sn. The summed E-state index contributed by atoms with van der Waals surface area (Å²) in [4.78, 5) is 12.1. The van der Waals surface area contributed by atoms with Gasteiger partial charge in [-0.05, 0) is 0 Å². The van der Waals surface area contributed by atoms with Crippen LogP contribution in [0.5, 0.6) is 0 Å². The van der Waals surface area contributed by atoms with Crippen molar-refractivity contribution in [3.63, 3.8) is 0 Å². The van der Waals surface area contributed by atoms with Gasteiger partial charge in [-0.15, -0.1) is 0 Å². The van der Waals surface area contributed by atoms with E-state index < -0.39 is 18.8 Å². The van der Waals surface area contributed by atoms with Crippen LogP contribution in [0, 0.1) is 0 Å². The Hall–Kier alpha value is -0.251. The van der Waals surface area contributed by atoms with E-state index in [0.717, 1.165) is 0 Å².